The van der Waals surface area contributed by atoms with Gasteiger partial charge in [-0.15, -0.1) is 0 Å². The standard InChI is InChI=1S/C13H10Br2FNO/c14-9-6-8(4-5-10(9)16)7-18-12-3-1-2-11(17)13(12)15/h1-6H,7,17H2. The Labute approximate surface area is 121 Å². The lowest BCUT2D eigenvalue weighted by atomic mass is 10.2. The molecule has 0 saturated carbocycles. The number of nitrogens with two attached hydrogens (primary N) is 1. The summed E-state index contributed by atoms with van der Waals surface area (Å²) >= 11 is 6.50. The van der Waals surface area contributed by atoms with Crippen molar-refractivity contribution in [2.75, 3.05) is 5.73 Å². The molecule has 94 valence electrons. The second-order valence-electron chi connectivity index (χ2n) is 3.70. The number of hydrogen-bond donors (Lipinski definition) is 1. The number of anilines is 1. The van der Waals surface area contributed by atoms with Gasteiger partial charge in [0, 0.05) is 5.69 Å². The Morgan fingerprint density at radius 1 is 1.17 bits per heavy atom. The van der Waals surface area contributed by atoms with Gasteiger partial charge < -0.3 is 10.5 Å². The third-order valence-corrected chi connectivity index (χ3v) is 3.83. The molecule has 2 rings (SSSR count). The zero-order valence-corrected chi connectivity index (χ0v) is 12.5. The molecular formula is C13H10Br2FNO. The van der Waals surface area contributed by atoms with E-state index >= 15 is 0 Å². The number of benzene rings is 2. The van der Waals surface area contributed by atoms with Crippen molar-refractivity contribution in [3.63, 3.8) is 0 Å². The summed E-state index contributed by atoms with van der Waals surface area (Å²) in [5, 5.41) is 0. The molecular weight excluding hydrogens is 365 g/mol. The quantitative estimate of drug-likeness (QED) is 0.802. The van der Waals surface area contributed by atoms with Gasteiger partial charge in [0.15, 0.2) is 0 Å². The van der Waals surface area contributed by atoms with E-state index in [0.29, 0.717) is 22.5 Å². The largest absolute Gasteiger partial charge is 0.488 e. The minimum atomic E-state index is -0.288. The van der Waals surface area contributed by atoms with Crippen LogP contribution in [0.4, 0.5) is 10.1 Å². The smallest absolute Gasteiger partial charge is 0.137 e. The van der Waals surface area contributed by atoms with Gasteiger partial charge in [-0.05, 0) is 61.7 Å². The average molecular weight is 375 g/mol. The molecule has 0 bridgehead atoms. The van der Waals surface area contributed by atoms with Crippen molar-refractivity contribution in [1.82, 2.24) is 0 Å². The van der Waals surface area contributed by atoms with Crippen LogP contribution in [-0.4, -0.2) is 0 Å². The van der Waals surface area contributed by atoms with Gasteiger partial charge in [-0.1, -0.05) is 12.1 Å². The number of hydrogen-bond acceptors (Lipinski definition) is 2. The predicted molar refractivity (Wildman–Crippen MR) is 77.0 cm³/mol. The first-order valence-electron chi connectivity index (χ1n) is 5.18. The Morgan fingerprint density at radius 3 is 2.67 bits per heavy atom. The fourth-order valence-electron chi connectivity index (χ4n) is 1.43. The molecule has 0 fully saturated rings. The average Bonchev–Trinajstić information content (AvgIpc) is 2.35. The summed E-state index contributed by atoms with van der Waals surface area (Å²) < 4.78 is 19.8. The highest BCUT2D eigenvalue weighted by molar-refractivity contribution is 9.11. The maximum Gasteiger partial charge on any atom is 0.137 e. The molecule has 0 spiro atoms. The molecule has 2 nitrogen and oxygen atoms in total. The molecule has 0 aliphatic heterocycles. The van der Waals surface area contributed by atoms with Gasteiger partial charge in [0.1, 0.15) is 18.2 Å². The number of nitrogen functional groups attached to an aromatic ring is 1. The van der Waals surface area contributed by atoms with Gasteiger partial charge in [0.2, 0.25) is 0 Å². The normalized spacial score (nSPS) is 10.4. The lowest BCUT2D eigenvalue weighted by Gasteiger charge is -2.10. The van der Waals surface area contributed by atoms with Crippen molar-refractivity contribution in [2.45, 2.75) is 6.61 Å². The molecule has 0 aliphatic rings. The van der Waals surface area contributed by atoms with Crippen LogP contribution < -0.4 is 10.5 Å². The van der Waals surface area contributed by atoms with Crippen molar-refractivity contribution in [3.05, 3.63) is 56.7 Å². The van der Waals surface area contributed by atoms with Crippen LogP contribution in [-0.2, 0) is 6.61 Å². The number of ether oxygens (including phenoxy) is 1. The van der Waals surface area contributed by atoms with Crippen LogP contribution in [0, 0.1) is 5.82 Å². The lowest BCUT2D eigenvalue weighted by molar-refractivity contribution is 0.304. The zero-order valence-electron chi connectivity index (χ0n) is 9.29. The van der Waals surface area contributed by atoms with Crippen LogP contribution in [0.5, 0.6) is 5.75 Å². The second kappa shape index (κ2) is 5.71. The Bertz CT molecular complexity index is 575. The van der Waals surface area contributed by atoms with Gasteiger partial charge in [0.05, 0.1) is 8.95 Å². The minimum Gasteiger partial charge on any atom is -0.488 e. The van der Waals surface area contributed by atoms with Crippen LogP contribution in [0.2, 0.25) is 0 Å². The molecule has 0 aliphatic carbocycles. The first-order valence-corrected chi connectivity index (χ1v) is 6.77. The SMILES string of the molecule is Nc1cccc(OCc2ccc(F)c(Br)c2)c1Br. The molecule has 0 heterocycles. The van der Waals surface area contributed by atoms with Crippen LogP contribution in [0.25, 0.3) is 0 Å². The third kappa shape index (κ3) is 3.03. The molecule has 2 aromatic carbocycles. The predicted octanol–water partition coefficient (Wildman–Crippen LogP) is 4.51. The van der Waals surface area contributed by atoms with E-state index in [4.69, 9.17) is 10.5 Å². The summed E-state index contributed by atoms with van der Waals surface area (Å²) in [6, 6.07) is 10.2. The fourth-order valence-corrected chi connectivity index (χ4v) is 2.23. The van der Waals surface area contributed by atoms with Gasteiger partial charge in [0.25, 0.3) is 0 Å². The topological polar surface area (TPSA) is 35.2 Å². The molecule has 2 aromatic rings. The summed E-state index contributed by atoms with van der Waals surface area (Å²) in [4.78, 5) is 0. The van der Waals surface area contributed by atoms with E-state index in [2.05, 4.69) is 31.9 Å². The monoisotopic (exact) mass is 373 g/mol. The Balaban J connectivity index is 2.11. The summed E-state index contributed by atoms with van der Waals surface area (Å²) in [6.07, 6.45) is 0. The summed E-state index contributed by atoms with van der Waals surface area (Å²) in [5.41, 5.74) is 7.24. The van der Waals surface area contributed by atoms with Crippen LogP contribution in [0.1, 0.15) is 5.56 Å². The summed E-state index contributed by atoms with van der Waals surface area (Å²) in [6.45, 7) is 0.348. The third-order valence-electron chi connectivity index (χ3n) is 2.37. The molecule has 5 heteroatoms. The molecule has 0 saturated heterocycles. The fraction of sp³-hybridized carbons (Fsp3) is 0.0769. The van der Waals surface area contributed by atoms with Crippen molar-refractivity contribution >= 4 is 37.5 Å². The van der Waals surface area contributed by atoms with Crippen molar-refractivity contribution in [3.8, 4) is 5.75 Å². The second-order valence-corrected chi connectivity index (χ2v) is 5.34. The molecule has 2 N–H and O–H groups in total. The number of halogens is 3. The Morgan fingerprint density at radius 2 is 1.94 bits per heavy atom. The molecule has 18 heavy (non-hydrogen) atoms. The van der Waals surface area contributed by atoms with Crippen molar-refractivity contribution in [1.29, 1.82) is 0 Å². The van der Waals surface area contributed by atoms with E-state index in [9.17, 15) is 4.39 Å². The molecule has 0 unspecified atom stereocenters. The Hall–Kier alpha value is -1.07. The highest BCUT2D eigenvalue weighted by Gasteiger charge is 2.05. The maximum atomic E-state index is 13.1. The highest BCUT2D eigenvalue weighted by Crippen LogP contribution is 2.31. The molecule has 0 aromatic heterocycles. The van der Waals surface area contributed by atoms with Crippen molar-refractivity contribution < 1.29 is 9.13 Å². The van der Waals surface area contributed by atoms with E-state index < -0.39 is 0 Å². The van der Waals surface area contributed by atoms with E-state index in [1.165, 1.54) is 6.07 Å². The lowest BCUT2D eigenvalue weighted by Crippen LogP contribution is -1.98. The van der Waals surface area contributed by atoms with Gasteiger partial charge in [-0.2, -0.15) is 0 Å². The van der Waals surface area contributed by atoms with Gasteiger partial charge >= 0.3 is 0 Å². The minimum absolute atomic E-state index is 0.288. The first-order chi connectivity index (χ1) is 8.58. The Kier molecular flexibility index (Phi) is 4.24. The van der Waals surface area contributed by atoms with Crippen LogP contribution >= 0.6 is 31.9 Å². The van der Waals surface area contributed by atoms with Crippen LogP contribution in [0.15, 0.2) is 45.3 Å². The summed E-state index contributed by atoms with van der Waals surface area (Å²) in [7, 11) is 0. The van der Waals surface area contributed by atoms with E-state index in [0.717, 1.165) is 10.0 Å². The maximum absolute atomic E-state index is 13.1. The molecule has 0 amide bonds. The highest BCUT2D eigenvalue weighted by atomic mass is 79.9. The molecule has 0 atom stereocenters. The van der Waals surface area contributed by atoms with E-state index in [1.54, 1.807) is 18.2 Å². The van der Waals surface area contributed by atoms with Gasteiger partial charge in [-0.25, -0.2) is 4.39 Å². The van der Waals surface area contributed by atoms with Crippen LogP contribution in [0.3, 0.4) is 0 Å². The molecule has 0 radical (unpaired) electrons. The summed E-state index contributed by atoms with van der Waals surface area (Å²) in [5.74, 6) is 0.374. The zero-order chi connectivity index (χ0) is 13.1. The number of rotatable bonds is 3. The van der Waals surface area contributed by atoms with E-state index in [1.807, 2.05) is 12.1 Å². The van der Waals surface area contributed by atoms with Crippen molar-refractivity contribution in [2.24, 2.45) is 0 Å². The van der Waals surface area contributed by atoms with Gasteiger partial charge in [-0.3, -0.25) is 0 Å². The van der Waals surface area contributed by atoms with E-state index in [-0.39, 0.29) is 5.82 Å². The first kappa shape index (κ1) is 13.4.